The minimum absolute atomic E-state index is 0.323. The van der Waals surface area contributed by atoms with Crippen LogP contribution in [0, 0.1) is 0 Å². The highest BCUT2D eigenvalue weighted by molar-refractivity contribution is 8.06. The Bertz CT molecular complexity index is 513. The number of alkyl halides is 1. The van der Waals surface area contributed by atoms with Crippen LogP contribution in [0.4, 0.5) is 0 Å². The van der Waals surface area contributed by atoms with E-state index in [1.165, 1.54) is 0 Å². The van der Waals surface area contributed by atoms with Gasteiger partial charge in [-0.25, -0.2) is 13.1 Å². The van der Waals surface area contributed by atoms with Gasteiger partial charge in [0.15, 0.2) is 0 Å². The molecule has 1 atom stereocenters. The Balaban J connectivity index is 1.94. The predicted octanol–water partition coefficient (Wildman–Crippen LogP) is 2.59. The van der Waals surface area contributed by atoms with Crippen molar-refractivity contribution in [3.63, 3.8) is 0 Å². The van der Waals surface area contributed by atoms with Gasteiger partial charge < -0.3 is 0 Å². The van der Waals surface area contributed by atoms with Crippen molar-refractivity contribution in [3.05, 3.63) is 29.8 Å². The van der Waals surface area contributed by atoms with E-state index in [1.54, 1.807) is 12.1 Å². The Kier molecular flexibility index (Phi) is 6.55. The van der Waals surface area contributed by atoms with E-state index in [-0.39, 0.29) is 0 Å². The lowest BCUT2D eigenvalue weighted by Gasteiger charge is -2.21. The Morgan fingerprint density at radius 1 is 1.25 bits per heavy atom. The molecular weight excluding hydrogens is 334 g/mol. The molecule has 1 aromatic carbocycles. The van der Waals surface area contributed by atoms with Gasteiger partial charge in [-0.05, 0) is 24.1 Å². The molecule has 1 heterocycles. The fraction of sp³-hybridized carbons (Fsp3) is 0.538. The molecule has 1 fully saturated rings. The first kappa shape index (κ1) is 16.5. The first-order chi connectivity index (χ1) is 9.62. The molecule has 1 aliphatic rings. The minimum Gasteiger partial charge on any atom is -0.210 e. The normalized spacial score (nSPS) is 19.9. The number of hydrogen-bond donors (Lipinski definition) is 1. The lowest BCUT2D eigenvalue weighted by Crippen LogP contribution is -2.33. The Labute approximate surface area is 134 Å². The molecular formula is C13H18ClNO2S3. The van der Waals surface area contributed by atoms with Crippen LogP contribution < -0.4 is 4.72 Å². The van der Waals surface area contributed by atoms with E-state index in [0.29, 0.717) is 22.6 Å². The second-order valence-corrected chi connectivity index (χ2v) is 9.21. The van der Waals surface area contributed by atoms with E-state index in [9.17, 15) is 8.42 Å². The van der Waals surface area contributed by atoms with Gasteiger partial charge in [-0.3, -0.25) is 0 Å². The van der Waals surface area contributed by atoms with E-state index in [4.69, 9.17) is 11.6 Å². The summed E-state index contributed by atoms with van der Waals surface area (Å²) in [4.78, 5) is 0.323. The van der Waals surface area contributed by atoms with E-state index in [0.717, 1.165) is 29.2 Å². The predicted molar refractivity (Wildman–Crippen MR) is 89.6 cm³/mol. The topological polar surface area (TPSA) is 46.2 Å². The number of benzene rings is 1. The Morgan fingerprint density at radius 2 is 2.00 bits per heavy atom. The van der Waals surface area contributed by atoms with Crippen LogP contribution in [0.5, 0.6) is 0 Å². The molecule has 1 saturated heterocycles. The highest BCUT2D eigenvalue weighted by atomic mass is 35.5. The molecule has 20 heavy (non-hydrogen) atoms. The van der Waals surface area contributed by atoms with Crippen molar-refractivity contribution in [2.24, 2.45) is 0 Å². The molecule has 0 aliphatic carbocycles. The van der Waals surface area contributed by atoms with Crippen LogP contribution in [0.25, 0.3) is 0 Å². The third-order valence-corrected chi connectivity index (χ3v) is 7.48. The molecule has 0 amide bonds. The molecule has 0 bridgehead atoms. The van der Waals surface area contributed by atoms with Gasteiger partial charge in [-0.2, -0.15) is 23.5 Å². The maximum absolute atomic E-state index is 12.2. The average molecular weight is 352 g/mol. The Morgan fingerprint density at radius 3 is 2.60 bits per heavy atom. The number of nitrogens with one attached hydrogen (secondary N) is 1. The number of rotatable bonds is 6. The fourth-order valence-electron chi connectivity index (χ4n) is 1.88. The average Bonchev–Trinajstić information content (AvgIpc) is 2.47. The van der Waals surface area contributed by atoms with Crippen LogP contribution in [0.15, 0.2) is 29.2 Å². The van der Waals surface area contributed by atoms with Crippen LogP contribution in [0.2, 0.25) is 0 Å². The summed E-state index contributed by atoms with van der Waals surface area (Å²) >= 11 is 9.40. The molecule has 1 aliphatic heterocycles. The van der Waals surface area contributed by atoms with E-state index < -0.39 is 10.0 Å². The highest BCUT2D eigenvalue weighted by Gasteiger charge is 2.19. The number of aryl methyl sites for hydroxylation is 1. The summed E-state index contributed by atoms with van der Waals surface area (Å²) in [7, 11) is -3.40. The van der Waals surface area contributed by atoms with Crippen molar-refractivity contribution < 1.29 is 8.42 Å². The summed E-state index contributed by atoms with van der Waals surface area (Å²) in [5.41, 5.74) is 1.05. The lowest BCUT2D eigenvalue weighted by molar-refractivity contribution is 0.581. The SMILES string of the molecule is O=S(=O)(NCC1CSCCS1)c1ccc(CCCl)cc1. The zero-order chi connectivity index (χ0) is 14.4. The van der Waals surface area contributed by atoms with Crippen molar-refractivity contribution >= 4 is 45.1 Å². The van der Waals surface area contributed by atoms with Crippen LogP contribution in [-0.4, -0.2) is 43.4 Å². The number of sulfonamides is 1. The van der Waals surface area contributed by atoms with Crippen molar-refractivity contribution in [2.75, 3.05) is 29.7 Å². The van der Waals surface area contributed by atoms with Gasteiger partial charge in [-0.1, -0.05) is 12.1 Å². The molecule has 1 aromatic rings. The summed E-state index contributed by atoms with van der Waals surface area (Å²) in [6.45, 7) is 0.503. The molecule has 0 aromatic heterocycles. The lowest BCUT2D eigenvalue weighted by atomic mass is 10.2. The van der Waals surface area contributed by atoms with Crippen molar-refractivity contribution in [3.8, 4) is 0 Å². The molecule has 7 heteroatoms. The molecule has 0 saturated carbocycles. The minimum atomic E-state index is -3.40. The summed E-state index contributed by atoms with van der Waals surface area (Å²) in [5.74, 6) is 3.82. The summed E-state index contributed by atoms with van der Waals surface area (Å²) in [6.07, 6.45) is 0.755. The molecule has 1 N–H and O–H groups in total. The molecule has 0 radical (unpaired) electrons. The van der Waals surface area contributed by atoms with Gasteiger partial charge in [0.25, 0.3) is 0 Å². The summed E-state index contributed by atoms with van der Waals surface area (Å²) in [5, 5.41) is 0.374. The van der Waals surface area contributed by atoms with Gasteiger partial charge >= 0.3 is 0 Å². The van der Waals surface area contributed by atoms with Gasteiger partial charge in [0.05, 0.1) is 4.90 Å². The van der Waals surface area contributed by atoms with Gasteiger partial charge in [-0.15, -0.1) is 11.6 Å². The van der Waals surface area contributed by atoms with E-state index >= 15 is 0 Å². The van der Waals surface area contributed by atoms with Crippen LogP contribution in [0.1, 0.15) is 5.56 Å². The first-order valence-corrected chi connectivity index (χ1v) is 10.7. The van der Waals surface area contributed by atoms with Crippen LogP contribution >= 0.6 is 35.1 Å². The van der Waals surface area contributed by atoms with E-state index in [1.807, 2.05) is 35.7 Å². The van der Waals surface area contributed by atoms with Crippen LogP contribution in [-0.2, 0) is 16.4 Å². The third-order valence-electron chi connectivity index (χ3n) is 3.00. The number of halogens is 1. The second-order valence-electron chi connectivity index (χ2n) is 4.50. The second kappa shape index (κ2) is 7.94. The zero-order valence-corrected chi connectivity index (χ0v) is 14.3. The highest BCUT2D eigenvalue weighted by Crippen LogP contribution is 2.23. The molecule has 112 valence electrons. The first-order valence-electron chi connectivity index (χ1n) is 6.46. The maximum Gasteiger partial charge on any atom is 0.240 e. The summed E-state index contributed by atoms with van der Waals surface area (Å²) in [6, 6.07) is 6.93. The van der Waals surface area contributed by atoms with Gasteiger partial charge in [0, 0.05) is 34.9 Å². The summed E-state index contributed by atoms with van der Waals surface area (Å²) < 4.78 is 27.1. The molecule has 1 unspecified atom stereocenters. The third kappa shape index (κ3) is 4.84. The number of thioether (sulfide) groups is 2. The van der Waals surface area contributed by atoms with Crippen molar-refractivity contribution in [2.45, 2.75) is 16.6 Å². The number of hydrogen-bond acceptors (Lipinski definition) is 4. The molecule has 2 rings (SSSR count). The molecule has 0 spiro atoms. The quantitative estimate of drug-likeness (QED) is 0.800. The zero-order valence-electron chi connectivity index (χ0n) is 11.0. The largest absolute Gasteiger partial charge is 0.240 e. The smallest absolute Gasteiger partial charge is 0.210 e. The standard InChI is InChI=1S/C13H18ClNO2S3/c14-6-5-11-1-3-13(4-2-11)20(16,17)15-9-12-10-18-7-8-19-12/h1-4,12,15H,5-10H2. The maximum atomic E-state index is 12.2. The fourth-order valence-corrected chi connectivity index (χ4v) is 5.90. The molecule has 3 nitrogen and oxygen atoms in total. The van der Waals surface area contributed by atoms with Gasteiger partial charge in [0.2, 0.25) is 10.0 Å². The van der Waals surface area contributed by atoms with Crippen molar-refractivity contribution in [1.82, 2.24) is 4.72 Å². The Hall–Kier alpha value is 0.120. The van der Waals surface area contributed by atoms with Crippen molar-refractivity contribution in [1.29, 1.82) is 0 Å². The van der Waals surface area contributed by atoms with Gasteiger partial charge in [0.1, 0.15) is 0 Å². The van der Waals surface area contributed by atoms with Crippen LogP contribution in [0.3, 0.4) is 0 Å². The monoisotopic (exact) mass is 351 g/mol. The van der Waals surface area contributed by atoms with E-state index in [2.05, 4.69) is 4.72 Å².